The van der Waals surface area contributed by atoms with Gasteiger partial charge in [0.2, 0.25) is 0 Å². The first-order valence-electron chi connectivity index (χ1n) is 16.5. The van der Waals surface area contributed by atoms with Crippen LogP contribution >= 0.6 is 0 Å². The molecule has 2 fully saturated rings. The average molecular weight is 619 g/mol. The minimum atomic E-state index is -0.777. The number of amides is 6. The summed E-state index contributed by atoms with van der Waals surface area (Å²) in [5.41, 5.74) is 0. The average Bonchev–Trinajstić information content (AvgIpc) is 3.35. The summed E-state index contributed by atoms with van der Waals surface area (Å²) in [5.74, 6) is -1.44. The molecule has 44 heavy (non-hydrogen) atoms. The maximum Gasteiger partial charge on any atom is 0.327 e. The van der Waals surface area contributed by atoms with Gasteiger partial charge in [0.25, 0.3) is 11.8 Å². The molecular formula is C32H50N4O8. The Morgan fingerprint density at radius 1 is 0.614 bits per heavy atom. The zero-order valence-electron chi connectivity index (χ0n) is 26.5. The van der Waals surface area contributed by atoms with Crippen LogP contribution in [0.1, 0.15) is 104 Å². The maximum absolute atomic E-state index is 13.3. The summed E-state index contributed by atoms with van der Waals surface area (Å²) in [4.78, 5) is 82.9. The Kier molecular flexibility index (Phi) is 14.6. The number of carbonyl (C=O) groups is 6. The molecule has 246 valence electrons. The van der Waals surface area contributed by atoms with Gasteiger partial charge in [-0.3, -0.25) is 29.0 Å². The molecule has 3 aliphatic rings. The molecule has 3 rings (SSSR count). The largest absolute Gasteiger partial charge is 0.466 e. The molecule has 2 saturated heterocycles. The van der Waals surface area contributed by atoms with Gasteiger partial charge in [-0.05, 0) is 39.5 Å². The van der Waals surface area contributed by atoms with Crippen LogP contribution in [-0.2, 0) is 28.7 Å². The first-order chi connectivity index (χ1) is 21.3. The fourth-order valence-corrected chi connectivity index (χ4v) is 6.08. The van der Waals surface area contributed by atoms with Crippen LogP contribution in [0, 0.1) is 0 Å². The molecule has 0 N–H and O–H groups in total. The lowest BCUT2D eigenvalue weighted by molar-refractivity contribution is -0.144. The number of carbonyl (C=O) groups excluding carboxylic acids is 6. The monoisotopic (exact) mass is 618 g/mol. The Balaban J connectivity index is 1.76. The third kappa shape index (κ3) is 9.79. The van der Waals surface area contributed by atoms with E-state index in [0.717, 1.165) is 64.2 Å². The fraction of sp³-hybridized carbons (Fsp3) is 0.750. The van der Waals surface area contributed by atoms with Crippen molar-refractivity contribution in [3.8, 4) is 0 Å². The SMILES string of the molecule is CCOC(=O)CCC1C(=O)N2CCCCCCCCCCCCN3C(=O)C(CCC(=O)OCC)N(C/C=C/CN1C2=O)C3=O. The van der Waals surface area contributed by atoms with Crippen LogP contribution in [0.2, 0.25) is 0 Å². The Morgan fingerprint density at radius 2 is 0.955 bits per heavy atom. The van der Waals surface area contributed by atoms with E-state index in [9.17, 15) is 28.8 Å². The lowest BCUT2D eigenvalue weighted by Gasteiger charge is -2.21. The highest BCUT2D eigenvalue weighted by Crippen LogP contribution is 2.25. The molecule has 0 aromatic heterocycles. The lowest BCUT2D eigenvalue weighted by atomic mass is 10.1. The Labute approximate surface area is 261 Å². The minimum absolute atomic E-state index is 0.0218. The van der Waals surface area contributed by atoms with Gasteiger partial charge in [0, 0.05) is 39.0 Å². The summed E-state index contributed by atoms with van der Waals surface area (Å²) in [6, 6.07) is -2.33. The van der Waals surface area contributed by atoms with Crippen molar-refractivity contribution >= 4 is 35.8 Å². The van der Waals surface area contributed by atoms with Gasteiger partial charge in [0.05, 0.1) is 13.2 Å². The van der Waals surface area contributed by atoms with Crippen molar-refractivity contribution in [3.05, 3.63) is 12.2 Å². The predicted molar refractivity (Wildman–Crippen MR) is 162 cm³/mol. The quantitative estimate of drug-likeness (QED) is 0.222. The van der Waals surface area contributed by atoms with E-state index >= 15 is 0 Å². The molecule has 12 nitrogen and oxygen atoms in total. The van der Waals surface area contributed by atoms with Crippen molar-refractivity contribution < 1.29 is 38.2 Å². The molecule has 0 radical (unpaired) electrons. The van der Waals surface area contributed by atoms with Crippen LogP contribution in [0.4, 0.5) is 9.59 Å². The van der Waals surface area contributed by atoms with Gasteiger partial charge in [-0.15, -0.1) is 0 Å². The predicted octanol–water partition coefficient (Wildman–Crippen LogP) is 4.41. The van der Waals surface area contributed by atoms with Gasteiger partial charge in [-0.25, -0.2) is 9.59 Å². The summed E-state index contributed by atoms with van der Waals surface area (Å²) >= 11 is 0. The van der Waals surface area contributed by atoms with Crippen molar-refractivity contribution in [2.75, 3.05) is 39.4 Å². The molecule has 6 amide bonds. The van der Waals surface area contributed by atoms with Crippen LogP contribution in [0.25, 0.3) is 0 Å². The first-order valence-corrected chi connectivity index (χ1v) is 16.5. The highest BCUT2D eigenvalue weighted by molar-refractivity contribution is 6.05. The molecule has 0 aromatic rings. The molecule has 0 spiro atoms. The van der Waals surface area contributed by atoms with Gasteiger partial charge in [-0.2, -0.15) is 0 Å². The fourth-order valence-electron chi connectivity index (χ4n) is 6.08. The normalized spacial score (nSPS) is 23.8. The number of esters is 2. The van der Waals surface area contributed by atoms with Gasteiger partial charge in [0.1, 0.15) is 12.1 Å². The Bertz CT molecular complexity index is 967. The first kappa shape index (κ1) is 35.0. The highest BCUT2D eigenvalue weighted by Gasteiger charge is 2.45. The number of urea groups is 2. The van der Waals surface area contributed by atoms with E-state index in [0.29, 0.717) is 13.1 Å². The number of imide groups is 2. The van der Waals surface area contributed by atoms with Gasteiger partial charge in [-0.1, -0.05) is 63.5 Å². The Hall–Kier alpha value is -3.44. The zero-order chi connectivity index (χ0) is 31.9. The summed E-state index contributed by atoms with van der Waals surface area (Å²) < 4.78 is 10.1. The van der Waals surface area contributed by atoms with E-state index in [4.69, 9.17) is 9.47 Å². The van der Waals surface area contributed by atoms with E-state index in [1.165, 1.54) is 19.6 Å². The number of rotatable bonds is 8. The van der Waals surface area contributed by atoms with Gasteiger partial charge >= 0.3 is 24.0 Å². The van der Waals surface area contributed by atoms with Gasteiger partial charge < -0.3 is 19.3 Å². The van der Waals surface area contributed by atoms with Crippen LogP contribution in [0.15, 0.2) is 12.2 Å². The van der Waals surface area contributed by atoms with E-state index in [-0.39, 0.29) is 75.9 Å². The molecule has 0 saturated carbocycles. The number of hydrogen-bond donors (Lipinski definition) is 0. The van der Waals surface area contributed by atoms with Crippen molar-refractivity contribution in [2.24, 2.45) is 0 Å². The molecule has 3 aliphatic heterocycles. The van der Waals surface area contributed by atoms with E-state index in [1.54, 1.807) is 26.0 Å². The van der Waals surface area contributed by atoms with E-state index in [1.807, 2.05) is 0 Å². The van der Waals surface area contributed by atoms with Crippen molar-refractivity contribution in [3.63, 3.8) is 0 Å². The lowest BCUT2D eigenvalue weighted by Crippen LogP contribution is -2.37. The third-order valence-electron chi connectivity index (χ3n) is 8.45. The molecule has 4 bridgehead atoms. The van der Waals surface area contributed by atoms with E-state index < -0.39 is 24.0 Å². The minimum Gasteiger partial charge on any atom is -0.466 e. The molecule has 3 heterocycles. The summed E-state index contributed by atoms with van der Waals surface area (Å²) in [5, 5.41) is 0. The van der Waals surface area contributed by atoms with Crippen molar-refractivity contribution in [1.82, 2.24) is 19.6 Å². The molecule has 0 aliphatic carbocycles. The Morgan fingerprint density at radius 3 is 1.30 bits per heavy atom. The number of nitrogens with zero attached hydrogens (tertiary/aromatic N) is 4. The second-order valence-corrected chi connectivity index (χ2v) is 11.6. The third-order valence-corrected chi connectivity index (χ3v) is 8.45. The standard InChI is InChI=1S/C32H50N4O8/c1-3-43-27(37)19-17-25-29(39)35-23-13-11-9-7-5-6-8-10-12-14-24-36-30(40)26(18-20-28(38)44-4-2)34(32(36)42)22-16-15-21-33(25)31(35)41/h15-16,25-26H,3-14,17-24H2,1-2H3/b16-15+. The van der Waals surface area contributed by atoms with Crippen molar-refractivity contribution in [1.29, 1.82) is 0 Å². The van der Waals surface area contributed by atoms with Gasteiger partial charge in [0.15, 0.2) is 0 Å². The van der Waals surface area contributed by atoms with Crippen molar-refractivity contribution in [2.45, 2.75) is 116 Å². The second kappa shape index (κ2) is 18.4. The molecule has 2 unspecified atom stereocenters. The van der Waals surface area contributed by atoms with Crippen LogP contribution in [0.3, 0.4) is 0 Å². The topological polar surface area (TPSA) is 134 Å². The zero-order valence-corrected chi connectivity index (χ0v) is 26.5. The molecule has 0 aromatic carbocycles. The van der Waals surface area contributed by atoms with Crippen LogP contribution in [0.5, 0.6) is 0 Å². The number of fused-ring (bicyclic) bond motifs is 4. The van der Waals surface area contributed by atoms with Crippen LogP contribution < -0.4 is 0 Å². The number of ether oxygens (including phenoxy) is 2. The molecular weight excluding hydrogens is 568 g/mol. The maximum atomic E-state index is 13.3. The molecule has 12 heteroatoms. The molecule has 2 atom stereocenters. The summed E-state index contributed by atoms with van der Waals surface area (Å²) in [6.07, 6.45) is 13.7. The smallest absolute Gasteiger partial charge is 0.327 e. The number of hydrogen-bond acceptors (Lipinski definition) is 8. The summed E-state index contributed by atoms with van der Waals surface area (Å²) in [7, 11) is 0. The second-order valence-electron chi connectivity index (χ2n) is 11.6. The summed E-state index contributed by atoms with van der Waals surface area (Å²) in [6.45, 7) is 4.83. The van der Waals surface area contributed by atoms with E-state index in [2.05, 4.69) is 0 Å². The van der Waals surface area contributed by atoms with Crippen LogP contribution in [-0.4, -0.2) is 107 Å². The highest BCUT2D eigenvalue weighted by atomic mass is 16.5.